The van der Waals surface area contributed by atoms with Gasteiger partial charge in [-0.05, 0) is 47.9 Å². The number of para-hydroxylation sites is 1. The average Bonchev–Trinajstić information content (AvgIpc) is 3.14. The van der Waals surface area contributed by atoms with Gasteiger partial charge >= 0.3 is 0 Å². The third kappa shape index (κ3) is 3.89. The molecule has 0 aliphatic carbocycles. The van der Waals surface area contributed by atoms with E-state index in [-0.39, 0.29) is 24.2 Å². The topological polar surface area (TPSA) is 85.9 Å². The van der Waals surface area contributed by atoms with E-state index in [2.05, 4.69) is 10.6 Å². The highest BCUT2D eigenvalue weighted by atomic mass is 32.1. The summed E-state index contributed by atoms with van der Waals surface area (Å²) < 4.78 is 16.4. The summed E-state index contributed by atoms with van der Waals surface area (Å²) in [7, 11) is 4.66. The number of thiophene rings is 1. The Morgan fingerprint density at radius 2 is 1.72 bits per heavy atom. The summed E-state index contributed by atoms with van der Waals surface area (Å²) in [5, 5.41) is 6.55. The van der Waals surface area contributed by atoms with E-state index in [9.17, 15) is 9.59 Å². The zero-order valence-electron chi connectivity index (χ0n) is 18.3. The minimum absolute atomic E-state index is 0.104. The molecule has 2 N–H and O–H groups in total. The molecule has 0 spiro atoms. The maximum atomic E-state index is 13.0. The SMILES string of the molecule is COc1cc([C@H]2CC(=O)Nc3sc(C(=O)Nc4ccccc4)c(C)c32)cc(OC)c1OC. The van der Waals surface area contributed by atoms with Crippen LogP contribution in [-0.4, -0.2) is 33.1 Å². The summed E-state index contributed by atoms with van der Waals surface area (Å²) in [6.07, 6.45) is 0.253. The van der Waals surface area contributed by atoms with Crippen molar-refractivity contribution in [2.75, 3.05) is 32.0 Å². The van der Waals surface area contributed by atoms with E-state index in [1.807, 2.05) is 49.4 Å². The van der Waals surface area contributed by atoms with Crippen molar-refractivity contribution in [2.45, 2.75) is 19.3 Å². The van der Waals surface area contributed by atoms with Gasteiger partial charge < -0.3 is 24.8 Å². The predicted molar refractivity (Wildman–Crippen MR) is 125 cm³/mol. The first-order valence-corrected chi connectivity index (χ1v) is 10.9. The van der Waals surface area contributed by atoms with Crippen LogP contribution < -0.4 is 24.8 Å². The fourth-order valence-corrected chi connectivity index (χ4v) is 5.20. The summed E-state index contributed by atoms with van der Waals surface area (Å²) in [6, 6.07) is 13.0. The fourth-order valence-electron chi connectivity index (χ4n) is 4.02. The van der Waals surface area contributed by atoms with Gasteiger partial charge in [0.05, 0.1) is 31.2 Å². The molecule has 2 amide bonds. The molecule has 0 unspecified atom stereocenters. The van der Waals surface area contributed by atoms with E-state index in [0.717, 1.165) is 16.7 Å². The molecule has 1 aliphatic heterocycles. The molecule has 3 aromatic rings. The van der Waals surface area contributed by atoms with E-state index in [4.69, 9.17) is 14.2 Å². The predicted octanol–water partition coefficient (Wildman–Crippen LogP) is 4.81. The van der Waals surface area contributed by atoms with Gasteiger partial charge in [-0.25, -0.2) is 0 Å². The molecular formula is C24H24N2O5S. The first kappa shape index (κ1) is 21.7. The second kappa shape index (κ2) is 8.92. The Morgan fingerprint density at radius 3 is 2.31 bits per heavy atom. The van der Waals surface area contributed by atoms with Gasteiger partial charge in [-0.2, -0.15) is 0 Å². The molecule has 2 aromatic carbocycles. The molecule has 4 rings (SSSR count). The van der Waals surface area contributed by atoms with E-state index in [1.165, 1.54) is 11.3 Å². The Kier molecular flexibility index (Phi) is 6.05. The molecule has 0 radical (unpaired) electrons. The lowest BCUT2D eigenvalue weighted by molar-refractivity contribution is -0.116. The van der Waals surface area contributed by atoms with Crippen LogP contribution in [0.4, 0.5) is 10.7 Å². The van der Waals surface area contributed by atoms with Crippen LogP contribution in [0.1, 0.15) is 38.7 Å². The standard InChI is InChI=1S/C24H24N2O5S/c1-13-20-16(14-10-17(29-2)21(31-4)18(11-14)30-3)12-19(27)26-24(20)32-22(13)23(28)25-15-8-6-5-7-9-15/h5-11,16H,12H2,1-4H3,(H,25,28)(H,26,27)/t16-/m1/s1. The maximum absolute atomic E-state index is 13.0. The molecule has 1 aliphatic rings. The Balaban J connectivity index is 1.77. The number of carbonyl (C=O) groups is 2. The molecule has 32 heavy (non-hydrogen) atoms. The number of ether oxygens (including phenoxy) is 3. The molecule has 0 saturated heterocycles. The quantitative estimate of drug-likeness (QED) is 0.561. The van der Waals surface area contributed by atoms with E-state index < -0.39 is 0 Å². The average molecular weight is 453 g/mol. The number of amides is 2. The van der Waals surface area contributed by atoms with Crippen LogP contribution in [-0.2, 0) is 4.79 Å². The molecule has 0 saturated carbocycles. The largest absolute Gasteiger partial charge is 0.493 e. The van der Waals surface area contributed by atoms with Crippen LogP contribution in [0.25, 0.3) is 0 Å². The minimum atomic E-state index is -0.248. The second-order valence-corrected chi connectivity index (χ2v) is 8.40. The molecule has 0 bridgehead atoms. The first-order valence-electron chi connectivity index (χ1n) is 10.1. The van der Waals surface area contributed by atoms with Crippen molar-refractivity contribution in [1.29, 1.82) is 0 Å². The van der Waals surface area contributed by atoms with Crippen molar-refractivity contribution >= 4 is 33.8 Å². The number of anilines is 2. The minimum Gasteiger partial charge on any atom is -0.493 e. The van der Waals surface area contributed by atoms with Crippen molar-refractivity contribution in [3.05, 3.63) is 64.0 Å². The molecule has 2 heterocycles. The molecule has 7 nitrogen and oxygen atoms in total. The smallest absolute Gasteiger partial charge is 0.266 e. The number of carbonyl (C=O) groups excluding carboxylic acids is 2. The van der Waals surface area contributed by atoms with Gasteiger partial charge in [0.2, 0.25) is 11.7 Å². The van der Waals surface area contributed by atoms with Crippen molar-refractivity contribution < 1.29 is 23.8 Å². The zero-order valence-corrected chi connectivity index (χ0v) is 19.1. The monoisotopic (exact) mass is 452 g/mol. The van der Waals surface area contributed by atoms with Crippen molar-refractivity contribution in [3.63, 3.8) is 0 Å². The Labute approximate surface area is 190 Å². The lowest BCUT2D eigenvalue weighted by Crippen LogP contribution is -2.22. The van der Waals surface area contributed by atoms with Crippen molar-refractivity contribution in [1.82, 2.24) is 0 Å². The van der Waals surface area contributed by atoms with Crippen LogP contribution in [0.2, 0.25) is 0 Å². The zero-order chi connectivity index (χ0) is 22.8. The van der Waals surface area contributed by atoms with Gasteiger partial charge in [0.1, 0.15) is 0 Å². The first-order chi connectivity index (χ1) is 15.5. The van der Waals surface area contributed by atoms with Crippen molar-refractivity contribution in [2.24, 2.45) is 0 Å². The maximum Gasteiger partial charge on any atom is 0.266 e. The summed E-state index contributed by atoms with van der Waals surface area (Å²) >= 11 is 1.29. The molecule has 1 aromatic heterocycles. The highest BCUT2D eigenvalue weighted by Crippen LogP contribution is 2.48. The molecule has 166 valence electrons. The van der Waals surface area contributed by atoms with Gasteiger partial charge in [0.25, 0.3) is 5.91 Å². The highest BCUT2D eigenvalue weighted by Gasteiger charge is 2.34. The fraction of sp³-hybridized carbons (Fsp3) is 0.250. The number of methoxy groups -OCH3 is 3. The van der Waals surface area contributed by atoms with Crippen LogP contribution in [0.15, 0.2) is 42.5 Å². The number of rotatable bonds is 6. The lowest BCUT2D eigenvalue weighted by Gasteiger charge is -2.25. The molecule has 0 fully saturated rings. The summed E-state index contributed by atoms with van der Waals surface area (Å²) in [5.74, 6) is 0.971. The van der Waals surface area contributed by atoms with Crippen molar-refractivity contribution in [3.8, 4) is 17.2 Å². The van der Waals surface area contributed by atoms with Crippen LogP contribution in [0.5, 0.6) is 17.2 Å². The Morgan fingerprint density at radius 1 is 1.06 bits per heavy atom. The van der Waals surface area contributed by atoms with Crippen LogP contribution >= 0.6 is 11.3 Å². The second-order valence-electron chi connectivity index (χ2n) is 7.38. The van der Waals surface area contributed by atoms with Crippen LogP contribution in [0, 0.1) is 6.92 Å². The number of hydrogen-bond donors (Lipinski definition) is 2. The normalized spacial score (nSPS) is 14.9. The molecule has 1 atom stereocenters. The summed E-state index contributed by atoms with van der Waals surface area (Å²) in [4.78, 5) is 26.1. The molecule has 8 heteroatoms. The van der Waals surface area contributed by atoms with Gasteiger partial charge in [-0.3, -0.25) is 9.59 Å². The number of nitrogens with one attached hydrogen (secondary N) is 2. The summed E-state index contributed by atoms with van der Waals surface area (Å²) in [5.41, 5.74) is 3.35. The van der Waals surface area contributed by atoms with Gasteiger partial charge in [0.15, 0.2) is 11.5 Å². The van der Waals surface area contributed by atoms with Gasteiger partial charge in [0, 0.05) is 18.0 Å². The van der Waals surface area contributed by atoms with Gasteiger partial charge in [-0.1, -0.05) is 18.2 Å². The van der Waals surface area contributed by atoms with E-state index in [0.29, 0.717) is 32.8 Å². The van der Waals surface area contributed by atoms with E-state index in [1.54, 1.807) is 21.3 Å². The Hall–Kier alpha value is -3.52. The Bertz CT molecular complexity index is 1150. The number of hydrogen-bond acceptors (Lipinski definition) is 6. The number of fused-ring (bicyclic) bond motifs is 1. The lowest BCUT2D eigenvalue weighted by atomic mass is 9.84. The highest BCUT2D eigenvalue weighted by molar-refractivity contribution is 7.18. The third-order valence-corrected chi connectivity index (χ3v) is 6.73. The molecular weight excluding hydrogens is 428 g/mol. The van der Waals surface area contributed by atoms with Gasteiger partial charge in [-0.15, -0.1) is 11.3 Å². The third-order valence-electron chi connectivity index (χ3n) is 5.51. The van der Waals surface area contributed by atoms with E-state index >= 15 is 0 Å². The van der Waals surface area contributed by atoms with Crippen LogP contribution in [0.3, 0.4) is 0 Å². The summed E-state index contributed by atoms with van der Waals surface area (Å²) in [6.45, 7) is 1.91. The number of benzene rings is 2.